The zero-order valence-corrected chi connectivity index (χ0v) is 19.5. The first-order chi connectivity index (χ1) is 15.7. The van der Waals surface area contributed by atoms with E-state index in [0.29, 0.717) is 19.6 Å². The van der Waals surface area contributed by atoms with Gasteiger partial charge >= 0.3 is 0 Å². The first-order valence-electron chi connectivity index (χ1n) is 11.0. The number of likely N-dealkylation sites (N-methyl/N-ethyl adjacent to an activating group) is 1. The van der Waals surface area contributed by atoms with E-state index in [-0.39, 0.29) is 5.91 Å². The number of rotatable bonds is 7. The summed E-state index contributed by atoms with van der Waals surface area (Å²) in [6, 6.07) is 10.4. The van der Waals surface area contributed by atoms with Crippen molar-refractivity contribution in [1.82, 2.24) is 20.2 Å². The van der Waals surface area contributed by atoms with Gasteiger partial charge in [0.25, 0.3) is 0 Å². The van der Waals surface area contributed by atoms with Crippen molar-refractivity contribution in [2.75, 3.05) is 87.4 Å². The average Bonchev–Trinajstić information content (AvgIpc) is 2.85. The van der Waals surface area contributed by atoms with Gasteiger partial charge in [-0.15, -0.1) is 0 Å². The van der Waals surface area contributed by atoms with Crippen LogP contribution in [-0.2, 0) is 9.53 Å². The number of aromatic nitrogens is 2. The summed E-state index contributed by atoms with van der Waals surface area (Å²) in [7, 11) is 1.80. The van der Waals surface area contributed by atoms with Gasteiger partial charge in [-0.25, -0.2) is 9.97 Å². The van der Waals surface area contributed by atoms with Gasteiger partial charge in [0.15, 0.2) is 5.16 Å². The molecule has 10 heteroatoms. The highest BCUT2D eigenvalue weighted by molar-refractivity contribution is 7.98. The van der Waals surface area contributed by atoms with Crippen LogP contribution < -0.4 is 20.4 Å². The van der Waals surface area contributed by atoms with Gasteiger partial charge in [0.1, 0.15) is 11.6 Å². The predicted molar refractivity (Wildman–Crippen MR) is 129 cm³/mol. The van der Waals surface area contributed by atoms with Crippen molar-refractivity contribution in [3.8, 4) is 0 Å². The van der Waals surface area contributed by atoms with Crippen LogP contribution in [0, 0.1) is 0 Å². The Morgan fingerprint density at radius 2 is 1.75 bits per heavy atom. The summed E-state index contributed by atoms with van der Waals surface area (Å²) in [6.45, 7) is 6.69. The zero-order chi connectivity index (χ0) is 22.3. The molecule has 3 heterocycles. The van der Waals surface area contributed by atoms with Gasteiger partial charge in [0.05, 0.1) is 19.8 Å². The van der Waals surface area contributed by atoms with Crippen LogP contribution in [0.3, 0.4) is 0 Å². The lowest BCUT2D eigenvalue weighted by Crippen LogP contribution is -2.50. The fourth-order valence-electron chi connectivity index (χ4n) is 3.90. The van der Waals surface area contributed by atoms with Gasteiger partial charge in [-0.2, -0.15) is 0 Å². The van der Waals surface area contributed by atoms with Crippen LogP contribution in [0.1, 0.15) is 0 Å². The second-order valence-electron chi connectivity index (χ2n) is 7.77. The normalized spacial score (nSPS) is 16.9. The maximum Gasteiger partial charge on any atom is 0.236 e. The van der Waals surface area contributed by atoms with Crippen molar-refractivity contribution in [2.24, 2.45) is 0 Å². The number of ether oxygens (including phenoxy) is 1. The number of hydrogen-bond acceptors (Lipinski definition) is 9. The highest BCUT2D eigenvalue weighted by Gasteiger charge is 2.22. The second kappa shape index (κ2) is 10.8. The summed E-state index contributed by atoms with van der Waals surface area (Å²) in [5.41, 5.74) is 2.19. The molecule has 172 valence electrons. The minimum atomic E-state index is 0.141. The molecular weight excluding hydrogens is 426 g/mol. The maximum absolute atomic E-state index is 12.1. The first-order valence-corrected chi connectivity index (χ1v) is 12.2. The molecule has 0 unspecified atom stereocenters. The first kappa shape index (κ1) is 22.6. The Hall–Kier alpha value is -2.56. The van der Waals surface area contributed by atoms with Gasteiger partial charge in [-0.1, -0.05) is 11.8 Å². The summed E-state index contributed by atoms with van der Waals surface area (Å²) >= 11 is 1.52. The molecule has 2 fully saturated rings. The monoisotopic (exact) mass is 457 g/mol. The van der Waals surface area contributed by atoms with E-state index in [2.05, 4.69) is 49.7 Å². The second-order valence-corrected chi connectivity index (χ2v) is 8.54. The lowest BCUT2D eigenvalue weighted by atomic mass is 10.2. The predicted octanol–water partition coefficient (Wildman–Crippen LogP) is 1.65. The molecule has 0 aliphatic carbocycles. The Kier molecular flexibility index (Phi) is 7.67. The van der Waals surface area contributed by atoms with E-state index in [1.54, 1.807) is 7.05 Å². The standard InChI is InChI=1S/C22H31N7O2S/c1-23-16-21(30)29-9-7-28(8-10-29)20-15-19(25-22(26-20)32-2)24-17-3-5-18(6-4-17)27-11-13-31-14-12-27/h3-6,15,23H,7-14,16H2,1-2H3,(H,24,25,26). The molecular formula is C22H31N7O2S. The van der Waals surface area contributed by atoms with Crippen molar-refractivity contribution >= 4 is 40.7 Å². The minimum absolute atomic E-state index is 0.141. The van der Waals surface area contributed by atoms with E-state index >= 15 is 0 Å². The van der Waals surface area contributed by atoms with Crippen molar-refractivity contribution in [3.05, 3.63) is 30.3 Å². The van der Waals surface area contributed by atoms with E-state index < -0.39 is 0 Å². The highest BCUT2D eigenvalue weighted by Crippen LogP contribution is 2.25. The number of carbonyl (C=O) groups is 1. The van der Waals surface area contributed by atoms with Gasteiger partial charge in [0, 0.05) is 56.7 Å². The molecule has 4 rings (SSSR count). The summed E-state index contributed by atoms with van der Waals surface area (Å²) in [5, 5.41) is 7.08. The SMILES string of the molecule is CNCC(=O)N1CCN(c2cc(Nc3ccc(N4CCOCC4)cc3)nc(SC)n2)CC1. The fraction of sp³-hybridized carbons (Fsp3) is 0.500. The van der Waals surface area contributed by atoms with Crippen LogP contribution in [0.4, 0.5) is 23.0 Å². The summed E-state index contributed by atoms with van der Waals surface area (Å²) in [4.78, 5) is 27.9. The lowest BCUT2D eigenvalue weighted by molar-refractivity contribution is -0.130. The molecule has 1 amide bonds. The molecule has 2 saturated heterocycles. The molecule has 0 spiro atoms. The lowest BCUT2D eigenvalue weighted by Gasteiger charge is -2.35. The molecule has 0 bridgehead atoms. The summed E-state index contributed by atoms with van der Waals surface area (Å²) in [5.74, 6) is 1.80. The Morgan fingerprint density at radius 3 is 2.41 bits per heavy atom. The van der Waals surface area contributed by atoms with Crippen LogP contribution in [0.5, 0.6) is 0 Å². The van der Waals surface area contributed by atoms with Gasteiger partial charge < -0.3 is 30.1 Å². The molecule has 2 aliphatic heterocycles. The van der Waals surface area contributed by atoms with Crippen LogP contribution in [0.25, 0.3) is 0 Å². The number of nitrogens with one attached hydrogen (secondary N) is 2. The van der Waals surface area contributed by atoms with E-state index in [9.17, 15) is 4.79 Å². The molecule has 2 N–H and O–H groups in total. The summed E-state index contributed by atoms with van der Waals surface area (Å²) in [6.07, 6.45) is 1.98. The molecule has 2 aliphatic rings. The number of amides is 1. The Labute approximate surface area is 193 Å². The van der Waals surface area contributed by atoms with E-state index in [1.165, 1.54) is 17.4 Å². The summed E-state index contributed by atoms with van der Waals surface area (Å²) < 4.78 is 5.44. The third-order valence-corrected chi connectivity index (χ3v) is 6.22. The quantitative estimate of drug-likeness (QED) is 0.476. The molecule has 1 aromatic heterocycles. The van der Waals surface area contributed by atoms with Crippen LogP contribution in [-0.4, -0.2) is 93.1 Å². The van der Waals surface area contributed by atoms with Crippen molar-refractivity contribution in [2.45, 2.75) is 5.16 Å². The van der Waals surface area contributed by atoms with Crippen molar-refractivity contribution < 1.29 is 9.53 Å². The van der Waals surface area contributed by atoms with E-state index in [0.717, 1.165) is 61.9 Å². The number of nitrogens with zero attached hydrogens (tertiary/aromatic N) is 5. The molecule has 2 aromatic rings. The molecule has 1 aromatic carbocycles. The number of hydrogen-bond donors (Lipinski definition) is 2. The van der Waals surface area contributed by atoms with Gasteiger partial charge in [0.2, 0.25) is 5.91 Å². The Bertz CT molecular complexity index is 898. The Morgan fingerprint density at radius 1 is 1.03 bits per heavy atom. The minimum Gasteiger partial charge on any atom is -0.378 e. The largest absolute Gasteiger partial charge is 0.378 e. The molecule has 32 heavy (non-hydrogen) atoms. The van der Waals surface area contributed by atoms with Crippen LogP contribution >= 0.6 is 11.8 Å². The number of morpholine rings is 1. The van der Waals surface area contributed by atoms with E-state index in [1.807, 2.05) is 17.2 Å². The van der Waals surface area contributed by atoms with E-state index in [4.69, 9.17) is 9.72 Å². The highest BCUT2D eigenvalue weighted by atomic mass is 32.2. The number of anilines is 4. The fourth-order valence-corrected chi connectivity index (χ4v) is 4.28. The number of thioether (sulfide) groups is 1. The average molecular weight is 458 g/mol. The van der Waals surface area contributed by atoms with Gasteiger partial charge in [-0.05, 0) is 37.6 Å². The maximum atomic E-state index is 12.1. The number of piperazine rings is 1. The third-order valence-electron chi connectivity index (χ3n) is 5.67. The van der Waals surface area contributed by atoms with Gasteiger partial charge in [-0.3, -0.25) is 4.79 Å². The smallest absolute Gasteiger partial charge is 0.236 e. The van der Waals surface area contributed by atoms with Crippen LogP contribution in [0.2, 0.25) is 0 Å². The zero-order valence-electron chi connectivity index (χ0n) is 18.7. The number of carbonyl (C=O) groups excluding carboxylic acids is 1. The Balaban J connectivity index is 1.42. The topological polar surface area (TPSA) is 85.9 Å². The number of benzene rings is 1. The molecule has 0 radical (unpaired) electrons. The third kappa shape index (κ3) is 5.62. The molecule has 9 nitrogen and oxygen atoms in total. The van der Waals surface area contributed by atoms with Crippen LogP contribution in [0.15, 0.2) is 35.5 Å². The molecule has 0 saturated carbocycles. The van der Waals surface area contributed by atoms with Crippen molar-refractivity contribution in [1.29, 1.82) is 0 Å². The molecule has 0 atom stereocenters. The van der Waals surface area contributed by atoms with Crippen molar-refractivity contribution in [3.63, 3.8) is 0 Å².